The molecule has 7 heteroatoms. The van der Waals surface area contributed by atoms with E-state index in [-0.39, 0.29) is 11.9 Å². The third-order valence-corrected chi connectivity index (χ3v) is 6.48. The van der Waals surface area contributed by atoms with Crippen molar-refractivity contribution in [2.24, 2.45) is 5.92 Å². The molecule has 4 rings (SSSR count). The summed E-state index contributed by atoms with van der Waals surface area (Å²) in [5.41, 5.74) is 0.791. The number of amides is 3. The van der Waals surface area contributed by atoms with Crippen molar-refractivity contribution in [1.29, 1.82) is 0 Å². The highest BCUT2D eigenvalue weighted by Gasteiger charge is 2.38. The Morgan fingerprint density at radius 2 is 1.96 bits per heavy atom. The van der Waals surface area contributed by atoms with E-state index in [1.165, 1.54) is 24.2 Å². The maximum absolute atomic E-state index is 13.0. The van der Waals surface area contributed by atoms with Gasteiger partial charge in [-0.25, -0.2) is 9.78 Å². The van der Waals surface area contributed by atoms with Gasteiger partial charge >= 0.3 is 6.03 Å². The summed E-state index contributed by atoms with van der Waals surface area (Å²) in [7, 11) is 0. The molecule has 2 heterocycles. The molecule has 0 unspecified atom stereocenters. The van der Waals surface area contributed by atoms with E-state index >= 15 is 0 Å². The molecule has 0 spiro atoms. The van der Waals surface area contributed by atoms with Crippen LogP contribution in [0.1, 0.15) is 51.1 Å². The Hall–Kier alpha value is -1.63. The van der Waals surface area contributed by atoms with E-state index in [1.807, 2.05) is 5.38 Å². The lowest BCUT2D eigenvalue weighted by Gasteiger charge is -2.36. The maximum Gasteiger partial charge on any atom is 0.323 e. The zero-order valence-corrected chi connectivity index (χ0v) is 15.6. The second kappa shape index (κ2) is 6.94. The van der Waals surface area contributed by atoms with Crippen molar-refractivity contribution < 1.29 is 9.59 Å². The largest absolute Gasteiger partial charge is 0.336 e. The first-order chi connectivity index (χ1) is 12.1. The van der Waals surface area contributed by atoms with Crippen LogP contribution in [0.5, 0.6) is 0 Å². The number of urea groups is 1. The maximum atomic E-state index is 13.0. The lowest BCUT2D eigenvalue weighted by molar-refractivity contribution is -0.134. The molecule has 1 saturated heterocycles. The Morgan fingerprint density at radius 1 is 1.28 bits per heavy atom. The molecule has 0 radical (unpaired) electrons. The highest BCUT2D eigenvalue weighted by Crippen LogP contribution is 2.36. The van der Waals surface area contributed by atoms with E-state index in [9.17, 15) is 9.59 Å². The summed E-state index contributed by atoms with van der Waals surface area (Å²) in [6.07, 6.45) is 7.38. The molecule has 2 saturated carbocycles. The molecule has 3 aliphatic rings. The lowest BCUT2D eigenvalue weighted by Crippen LogP contribution is -2.44. The highest BCUT2D eigenvalue weighted by molar-refractivity contribution is 7.14. The molecule has 3 fully saturated rings. The van der Waals surface area contributed by atoms with E-state index < -0.39 is 0 Å². The Bertz CT molecular complexity index is 649. The van der Waals surface area contributed by atoms with Gasteiger partial charge in [-0.3, -0.25) is 9.69 Å². The number of carbonyl (C=O) groups excluding carboxylic acids is 2. The molecule has 6 nitrogen and oxygen atoms in total. The van der Waals surface area contributed by atoms with Gasteiger partial charge in [-0.05, 0) is 44.4 Å². The van der Waals surface area contributed by atoms with Gasteiger partial charge in [0.15, 0.2) is 5.13 Å². The molecule has 0 atom stereocenters. The summed E-state index contributed by atoms with van der Waals surface area (Å²) in [6.45, 7) is 3.61. The van der Waals surface area contributed by atoms with Crippen LogP contribution in [0.2, 0.25) is 0 Å². The van der Waals surface area contributed by atoms with Crippen LogP contribution >= 0.6 is 11.3 Å². The van der Waals surface area contributed by atoms with Gasteiger partial charge in [-0.1, -0.05) is 6.92 Å². The van der Waals surface area contributed by atoms with Crippen molar-refractivity contribution >= 4 is 28.4 Å². The number of hydrogen-bond acceptors (Lipinski definition) is 4. The van der Waals surface area contributed by atoms with Crippen molar-refractivity contribution in [2.75, 3.05) is 18.0 Å². The van der Waals surface area contributed by atoms with Crippen LogP contribution < -0.4 is 10.2 Å². The van der Waals surface area contributed by atoms with E-state index in [2.05, 4.69) is 22.1 Å². The number of carbonyl (C=O) groups is 2. The van der Waals surface area contributed by atoms with Crippen LogP contribution in [0.15, 0.2) is 5.38 Å². The number of nitrogens with zero attached hydrogens (tertiary/aromatic N) is 3. The van der Waals surface area contributed by atoms with Gasteiger partial charge in [0.25, 0.3) is 0 Å². The van der Waals surface area contributed by atoms with E-state index in [0.29, 0.717) is 36.7 Å². The smallest absolute Gasteiger partial charge is 0.323 e. The molecule has 25 heavy (non-hydrogen) atoms. The van der Waals surface area contributed by atoms with Crippen molar-refractivity contribution in [3.63, 3.8) is 0 Å². The minimum absolute atomic E-state index is 0.0943. The molecular weight excluding hydrogens is 336 g/mol. The summed E-state index contributed by atoms with van der Waals surface area (Å²) < 4.78 is 0. The molecule has 0 aromatic carbocycles. The Balaban J connectivity index is 1.41. The first kappa shape index (κ1) is 16.8. The summed E-state index contributed by atoms with van der Waals surface area (Å²) >= 11 is 1.45. The number of aromatic nitrogens is 1. The van der Waals surface area contributed by atoms with Crippen LogP contribution in [0.4, 0.5) is 9.93 Å². The predicted molar refractivity (Wildman–Crippen MR) is 97.9 cm³/mol. The van der Waals surface area contributed by atoms with Crippen molar-refractivity contribution in [2.45, 2.75) is 64.0 Å². The monoisotopic (exact) mass is 362 g/mol. The predicted octanol–water partition coefficient (Wildman–Crippen LogP) is 2.78. The third kappa shape index (κ3) is 3.66. The average Bonchev–Trinajstić information content (AvgIpc) is 3.15. The minimum atomic E-state index is -0.0943. The number of rotatable bonds is 5. The molecule has 1 aromatic rings. The van der Waals surface area contributed by atoms with Crippen LogP contribution in [0.25, 0.3) is 0 Å². The molecule has 3 amide bonds. The van der Waals surface area contributed by atoms with Crippen LogP contribution in [0.3, 0.4) is 0 Å². The molecule has 1 aromatic heterocycles. The summed E-state index contributed by atoms with van der Waals surface area (Å²) in [5.74, 6) is 1.00. The van der Waals surface area contributed by atoms with Crippen LogP contribution in [-0.4, -0.2) is 47.0 Å². The zero-order valence-electron chi connectivity index (χ0n) is 14.7. The molecule has 2 aliphatic carbocycles. The normalized spacial score (nSPS) is 26.6. The number of nitrogens with one attached hydrogen (secondary N) is 1. The molecule has 136 valence electrons. The lowest BCUT2D eigenvalue weighted by atomic mass is 9.86. The van der Waals surface area contributed by atoms with E-state index in [4.69, 9.17) is 0 Å². The Labute approximate surface area is 152 Å². The molecule has 1 aliphatic heterocycles. The summed E-state index contributed by atoms with van der Waals surface area (Å²) in [6, 6.07) is 0.773. The summed E-state index contributed by atoms with van der Waals surface area (Å²) in [5, 5.41) is 5.40. The van der Waals surface area contributed by atoms with E-state index in [1.54, 1.807) is 4.90 Å². The second-order valence-corrected chi connectivity index (χ2v) is 8.46. The zero-order chi connectivity index (χ0) is 17.4. The summed E-state index contributed by atoms with van der Waals surface area (Å²) in [4.78, 5) is 33.1. The minimum Gasteiger partial charge on any atom is -0.336 e. The quantitative estimate of drug-likeness (QED) is 0.876. The van der Waals surface area contributed by atoms with Gasteiger partial charge in [-0.15, -0.1) is 11.3 Å². The van der Waals surface area contributed by atoms with Crippen LogP contribution in [0, 0.1) is 5.92 Å². The Kier molecular flexibility index (Phi) is 4.67. The number of thiazole rings is 1. The Morgan fingerprint density at radius 3 is 2.56 bits per heavy atom. The van der Waals surface area contributed by atoms with Gasteiger partial charge in [0.1, 0.15) is 0 Å². The molecule has 1 N–H and O–H groups in total. The SMILES string of the molecule is CC1CCC(N(C(=O)Cc2csc(N3CCNC3=O)n2)C2CC2)CC1. The average molecular weight is 362 g/mol. The fourth-order valence-corrected chi connectivity index (χ4v) is 4.83. The molecule has 0 bridgehead atoms. The van der Waals surface area contributed by atoms with Gasteiger partial charge in [0.2, 0.25) is 5.91 Å². The van der Waals surface area contributed by atoms with Crippen molar-refractivity contribution in [3.05, 3.63) is 11.1 Å². The second-order valence-electron chi connectivity index (χ2n) is 7.63. The van der Waals surface area contributed by atoms with Crippen molar-refractivity contribution in [3.8, 4) is 0 Å². The van der Waals surface area contributed by atoms with Crippen LogP contribution in [-0.2, 0) is 11.2 Å². The number of anilines is 1. The fourth-order valence-electron chi connectivity index (χ4n) is 3.98. The third-order valence-electron chi connectivity index (χ3n) is 5.57. The highest BCUT2D eigenvalue weighted by atomic mass is 32.1. The molecular formula is C18H26N4O2S. The fraction of sp³-hybridized carbons (Fsp3) is 0.722. The number of hydrogen-bond donors (Lipinski definition) is 1. The van der Waals surface area contributed by atoms with E-state index in [0.717, 1.165) is 37.3 Å². The topological polar surface area (TPSA) is 65.5 Å². The van der Waals surface area contributed by atoms with Gasteiger partial charge in [-0.2, -0.15) is 0 Å². The van der Waals surface area contributed by atoms with Gasteiger partial charge < -0.3 is 10.2 Å². The van der Waals surface area contributed by atoms with Gasteiger partial charge in [0.05, 0.1) is 12.1 Å². The first-order valence-electron chi connectivity index (χ1n) is 9.42. The van der Waals surface area contributed by atoms with Crippen molar-refractivity contribution in [1.82, 2.24) is 15.2 Å². The first-order valence-corrected chi connectivity index (χ1v) is 10.3. The standard InChI is InChI=1S/C18H26N4O2S/c1-12-2-4-14(5-3-12)22(15-6-7-15)16(23)10-13-11-25-18(20-13)21-9-8-19-17(21)24/h11-12,14-15H,2-10H2,1H3,(H,19,24). The van der Waals surface area contributed by atoms with Gasteiger partial charge in [0, 0.05) is 30.6 Å².